The van der Waals surface area contributed by atoms with E-state index in [1.54, 1.807) is 73.1 Å². The van der Waals surface area contributed by atoms with Gasteiger partial charge >= 0.3 is 0 Å². The molecule has 4 nitrogen and oxygen atoms in total. The molecule has 9 rings (SSSR count). The van der Waals surface area contributed by atoms with E-state index in [1.807, 2.05) is 107 Å². The average molecular weight is 953 g/mol. The third kappa shape index (κ3) is 9.87. The van der Waals surface area contributed by atoms with E-state index in [-0.39, 0.29) is 34.1 Å². The summed E-state index contributed by atoms with van der Waals surface area (Å²) in [5.41, 5.74) is 1.34. The lowest BCUT2D eigenvalue weighted by Crippen LogP contribution is -2.17. The van der Waals surface area contributed by atoms with E-state index in [0.717, 1.165) is 29.2 Å². The smallest absolute Gasteiger partial charge is 0.149 e. The topological polar surface area (TPSA) is 50.9 Å². The van der Waals surface area contributed by atoms with Crippen LogP contribution in [0, 0.1) is 6.85 Å². The Kier molecular flexibility index (Phi) is 8.03. The maximum absolute atomic E-state index is 12.9. The molecule has 9 aromatic rings. The zero-order chi connectivity index (χ0) is 66.7. The minimum Gasteiger partial charge on any atom is -0.507 e. The van der Waals surface area contributed by atoms with Crippen molar-refractivity contribution in [3.63, 3.8) is 0 Å². The monoisotopic (exact) mass is 953 g/mol. The number of imidazole rings is 1. The number of para-hydroxylation sites is 1. The van der Waals surface area contributed by atoms with Gasteiger partial charge in [0.15, 0.2) is 0 Å². The Labute approximate surface area is 450 Å². The van der Waals surface area contributed by atoms with Gasteiger partial charge in [-0.25, -0.2) is 4.98 Å². The number of fused-ring (bicyclic) bond motifs is 1. The Hall–Kier alpha value is -7.04. The van der Waals surface area contributed by atoms with Crippen LogP contribution in [0.25, 0.3) is 83.9 Å². The maximum Gasteiger partial charge on any atom is 0.149 e. The summed E-state index contributed by atoms with van der Waals surface area (Å²) in [6, 6.07) is 43.5. The lowest BCUT2D eigenvalue weighted by Gasteiger charge is -2.27. The number of rotatable bonds is 9. The van der Waals surface area contributed by atoms with E-state index >= 15 is 0 Å². The molecule has 0 fully saturated rings. The van der Waals surface area contributed by atoms with Crippen LogP contribution in [0.2, 0.25) is 0 Å². The Balaban J connectivity index is 1.34. The minimum atomic E-state index is -3.45. The van der Waals surface area contributed by atoms with Crippen LogP contribution in [0.5, 0.6) is 5.75 Å². The summed E-state index contributed by atoms with van der Waals surface area (Å²) >= 11 is 0. The van der Waals surface area contributed by atoms with Crippen LogP contribution in [0.1, 0.15) is 161 Å². The fourth-order valence-electron chi connectivity index (χ4n) is 9.14. The molecule has 0 spiro atoms. The molecule has 0 unspecified atom stereocenters. The molecule has 1 N–H and O–H groups in total. The molecule has 0 radical (unpaired) electrons. The van der Waals surface area contributed by atoms with Crippen LogP contribution in [0.15, 0.2) is 158 Å². The predicted molar refractivity (Wildman–Crippen MR) is 302 cm³/mol. The molecule has 4 heteroatoms. The second-order valence-corrected chi connectivity index (χ2v) is 20.4. The van der Waals surface area contributed by atoms with Crippen molar-refractivity contribution in [3.05, 3.63) is 191 Å². The van der Waals surface area contributed by atoms with Crippen molar-refractivity contribution in [2.24, 2.45) is 0 Å². The molecule has 7 aromatic carbocycles. The van der Waals surface area contributed by atoms with Crippen LogP contribution in [0.3, 0.4) is 0 Å². The number of hydrogen-bond acceptors (Lipinski definition) is 3. The average Bonchev–Trinajstić information content (AvgIpc) is 1.00. The zero-order valence-corrected chi connectivity index (χ0v) is 41.4. The van der Waals surface area contributed by atoms with Crippen molar-refractivity contribution in [1.82, 2.24) is 14.5 Å². The second kappa shape index (κ2) is 18.6. The number of phenols is 1. The van der Waals surface area contributed by atoms with Crippen molar-refractivity contribution in [2.45, 2.75) is 125 Å². The number of hydrogen-bond donors (Lipinski definition) is 1. The Bertz CT molecular complexity index is 4120. The summed E-state index contributed by atoms with van der Waals surface area (Å²) in [6.07, 6.45) is 1.57. The Morgan fingerprint density at radius 3 is 1.89 bits per heavy atom. The molecule has 0 bridgehead atoms. The molecule has 71 heavy (non-hydrogen) atoms. The number of phenolic OH excluding ortho intramolecular Hbond substituents is 1. The first kappa shape index (κ1) is 30.6. The quantitative estimate of drug-likeness (QED) is 0.157. The molecule has 0 saturated heterocycles. The number of benzene rings is 7. The molecule has 0 amide bonds. The standard InChI is InChI=1S/C67H71N3O/c1-41(2)48-32-49(42(3)4)34-51(33-48)46-25-28-60(43(5)31-46)70-61-22-18-21-56(62(61)69-64(70)57-39-55(66(9,10)11)40-58(63(57)71)67(12,13)14)52-35-50(44-19-16-15-17-20-44)36-53(37-52)59-38-47(29-30-68-59)45-23-26-54(27-24-45)65(6,7)8/h15-42,71H,1-14H3/i5D3,6D3,7D3,8D3,12D3,13D3,41D. The van der Waals surface area contributed by atoms with E-state index in [2.05, 4.69) is 0 Å². The second-order valence-electron chi connectivity index (χ2n) is 20.4. The molecule has 0 aliphatic heterocycles. The van der Waals surface area contributed by atoms with Gasteiger partial charge in [0.1, 0.15) is 11.6 Å². The first-order valence-electron chi connectivity index (χ1n) is 33.3. The third-order valence-corrected chi connectivity index (χ3v) is 13.3. The van der Waals surface area contributed by atoms with Crippen molar-refractivity contribution < 1.29 is 31.2 Å². The van der Waals surface area contributed by atoms with E-state index in [9.17, 15) is 9.22 Å². The van der Waals surface area contributed by atoms with Gasteiger partial charge in [-0.3, -0.25) is 9.55 Å². The van der Waals surface area contributed by atoms with Gasteiger partial charge in [-0.1, -0.05) is 187 Å². The Morgan fingerprint density at radius 1 is 0.535 bits per heavy atom. The van der Waals surface area contributed by atoms with Crippen LogP contribution in [-0.4, -0.2) is 19.6 Å². The first-order chi connectivity index (χ1) is 41.3. The highest BCUT2D eigenvalue weighted by Gasteiger charge is 2.29. The van der Waals surface area contributed by atoms with Gasteiger partial charge in [0.25, 0.3) is 0 Å². The van der Waals surface area contributed by atoms with Gasteiger partial charge in [-0.15, -0.1) is 0 Å². The summed E-state index contributed by atoms with van der Waals surface area (Å²) in [4.78, 5) is 10.2. The van der Waals surface area contributed by atoms with E-state index in [0.29, 0.717) is 61.2 Å². The van der Waals surface area contributed by atoms with Gasteiger partial charge in [-0.05, 0) is 156 Å². The van der Waals surface area contributed by atoms with Crippen molar-refractivity contribution in [1.29, 1.82) is 0 Å². The van der Waals surface area contributed by atoms with Crippen molar-refractivity contribution in [3.8, 4) is 78.6 Å². The van der Waals surface area contributed by atoms with E-state index in [4.69, 9.17) is 31.9 Å². The zero-order valence-electron chi connectivity index (χ0n) is 60.4. The summed E-state index contributed by atoms with van der Waals surface area (Å²) in [7, 11) is 0. The molecule has 0 atom stereocenters. The maximum atomic E-state index is 12.9. The number of aromatic nitrogens is 3. The van der Waals surface area contributed by atoms with Gasteiger partial charge < -0.3 is 5.11 Å². The number of nitrogens with zero attached hydrogens (tertiary/aromatic N) is 3. The molecule has 0 saturated carbocycles. The van der Waals surface area contributed by atoms with Crippen LogP contribution in [-0.2, 0) is 16.2 Å². The van der Waals surface area contributed by atoms with Crippen LogP contribution < -0.4 is 0 Å². The first-order valence-corrected chi connectivity index (χ1v) is 23.8. The normalized spacial score (nSPS) is 17.6. The SMILES string of the molecule is [2H]C([2H])([2H])c1cc(-c2cc(C(C)C)cc(C([2H])(C)C)c2)ccc1-n1c(-c2cc(C(C)(C)C)cc(C(C)(C([2H])([2H])[2H])C([2H])([2H])[2H])c2O)nc2c(-c3cc(-c4ccccc4)cc(-c4cc(-c5ccc(C(C([2H])([2H])[2H])(C([2H])([2H])[2H])C([2H])([2H])[2H])cc5)ccn4)c3)cccc21. The van der Waals surface area contributed by atoms with Gasteiger partial charge in [0.05, 0.1) is 28.0 Å². The fraction of sp³-hybridized carbons (Fsp3) is 0.284. The lowest BCUT2D eigenvalue weighted by atomic mass is 9.79. The molecule has 360 valence electrons. The van der Waals surface area contributed by atoms with Gasteiger partial charge in [0.2, 0.25) is 0 Å². The summed E-state index contributed by atoms with van der Waals surface area (Å²) in [5, 5.41) is 12.9. The summed E-state index contributed by atoms with van der Waals surface area (Å²) in [6.45, 7) is -5.24. The highest BCUT2D eigenvalue weighted by Crippen LogP contribution is 2.46. The fourth-order valence-corrected chi connectivity index (χ4v) is 9.14. The third-order valence-electron chi connectivity index (χ3n) is 13.3. The molecule has 0 aliphatic carbocycles. The van der Waals surface area contributed by atoms with Crippen LogP contribution >= 0.6 is 0 Å². The number of aromatic hydroxyl groups is 1. The highest BCUT2D eigenvalue weighted by atomic mass is 16.3. The van der Waals surface area contributed by atoms with Gasteiger partial charge in [0, 0.05) is 48.9 Å². The number of aryl methyl sites for hydroxylation is 1. The molecular formula is C67H71N3O. The van der Waals surface area contributed by atoms with E-state index < -0.39 is 74.6 Å². The predicted octanol–water partition coefficient (Wildman–Crippen LogP) is 18.6. The van der Waals surface area contributed by atoms with Gasteiger partial charge in [-0.2, -0.15) is 0 Å². The molecule has 2 heterocycles. The minimum absolute atomic E-state index is 0.0345. The molecule has 2 aromatic heterocycles. The molecule has 0 aliphatic rings. The summed E-state index contributed by atoms with van der Waals surface area (Å²) in [5.74, 6) is -1.65. The van der Waals surface area contributed by atoms with E-state index in [1.165, 1.54) is 30.3 Å². The largest absolute Gasteiger partial charge is 0.507 e. The van der Waals surface area contributed by atoms with Crippen molar-refractivity contribution in [2.75, 3.05) is 0 Å². The molecular weight excluding hydrogens is 863 g/mol. The van der Waals surface area contributed by atoms with Crippen LogP contribution in [0.4, 0.5) is 0 Å². The number of pyridine rings is 1. The van der Waals surface area contributed by atoms with Crippen molar-refractivity contribution >= 4 is 11.0 Å². The highest BCUT2D eigenvalue weighted by molar-refractivity contribution is 5.98. The Morgan fingerprint density at radius 2 is 1.20 bits per heavy atom. The summed E-state index contributed by atoms with van der Waals surface area (Å²) < 4.78 is 165. The lowest BCUT2D eigenvalue weighted by molar-refractivity contribution is 0.446.